The molecule has 3 aromatic carbocycles. The van der Waals surface area contributed by atoms with E-state index in [2.05, 4.69) is 91.0 Å². The van der Waals surface area contributed by atoms with Gasteiger partial charge in [-0.2, -0.15) is 0 Å². The summed E-state index contributed by atoms with van der Waals surface area (Å²) in [5, 5.41) is 13.4. The van der Waals surface area contributed by atoms with Crippen LogP contribution in [0.1, 0.15) is 44.9 Å². The molecule has 0 unspecified atom stereocenters. The Hall–Kier alpha value is -1.47. The van der Waals surface area contributed by atoms with Gasteiger partial charge in [-0.15, -0.1) is 17.0 Å². The summed E-state index contributed by atoms with van der Waals surface area (Å²) in [7, 11) is -1.65. The quantitative estimate of drug-likeness (QED) is 0.236. The molecule has 0 atom stereocenters. The number of rotatable bonds is 12. The number of unbranched alkanes of at least 4 members (excludes halogenated alkanes) is 6. The minimum absolute atomic E-state index is 0. The van der Waals surface area contributed by atoms with Crippen molar-refractivity contribution >= 4 is 40.2 Å². The molecule has 0 aliphatic rings. The van der Waals surface area contributed by atoms with E-state index in [0.717, 1.165) is 12.8 Å². The van der Waals surface area contributed by atoms with Gasteiger partial charge < -0.3 is 5.11 Å². The highest BCUT2D eigenvalue weighted by Gasteiger charge is 2.44. The van der Waals surface area contributed by atoms with Crippen LogP contribution in [0.2, 0.25) is 0 Å². The number of aliphatic hydroxyl groups excluding tert-OH is 1. The molecule has 3 rings (SSSR count). The van der Waals surface area contributed by atoms with Gasteiger partial charge in [0.05, 0.1) is 6.16 Å². The van der Waals surface area contributed by atoms with Crippen molar-refractivity contribution in [3.63, 3.8) is 0 Å². The molecule has 0 bridgehead atoms. The molecule has 0 aromatic heterocycles. The smallest absolute Gasteiger partial charge is 0.112 e. The molecule has 30 heavy (non-hydrogen) atoms. The second kappa shape index (κ2) is 13.8. The van der Waals surface area contributed by atoms with Gasteiger partial charge in [-0.1, -0.05) is 80.3 Å². The van der Waals surface area contributed by atoms with Crippen LogP contribution in [0.4, 0.5) is 0 Å². The summed E-state index contributed by atoms with van der Waals surface area (Å²) >= 11 is 0. The second-order valence-corrected chi connectivity index (χ2v) is 11.4. The van der Waals surface area contributed by atoms with Crippen LogP contribution in [0.5, 0.6) is 0 Å². The topological polar surface area (TPSA) is 20.2 Å². The van der Waals surface area contributed by atoms with Gasteiger partial charge in [0.15, 0.2) is 0 Å². The molecule has 1 N–H and O–H groups in total. The van der Waals surface area contributed by atoms with Crippen LogP contribution in [0, 0.1) is 0 Å². The summed E-state index contributed by atoms with van der Waals surface area (Å²) in [5.74, 6) is 0. The maximum Gasteiger partial charge on any atom is 0.112 e. The van der Waals surface area contributed by atoms with Gasteiger partial charge in [-0.3, -0.25) is 0 Å². The zero-order chi connectivity index (χ0) is 20.2. The zero-order valence-corrected chi connectivity index (χ0v) is 20.4. The van der Waals surface area contributed by atoms with Gasteiger partial charge in [-0.25, -0.2) is 0 Å². The Balaban J connectivity index is 0.00000320. The maximum absolute atomic E-state index is 8.92. The Bertz CT molecular complexity index is 711. The van der Waals surface area contributed by atoms with Gasteiger partial charge in [0.1, 0.15) is 23.2 Å². The van der Waals surface area contributed by atoms with Crippen molar-refractivity contribution in [2.45, 2.75) is 44.9 Å². The largest absolute Gasteiger partial charge is 0.396 e. The molecule has 0 aliphatic heterocycles. The first-order valence-electron chi connectivity index (χ1n) is 11.0. The fourth-order valence-electron chi connectivity index (χ4n) is 4.23. The van der Waals surface area contributed by atoms with Crippen molar-refractivity contribution in [1.82, 2.24) is 0 Å². The van der Waals surface area contributed by atoms with Crippen LogP contribution in [0.3, 0.4) is 0 Å². The Morgan fingerprint density at radius 2 is 0.800 bits per heavy atom. The zero-order valence-electron chi connectivity index (χ0n) is 17.8. The van der Waals surface area contributed by atoms with E-state index in [0.29, 0.717) is 6.61 Å². The number of halogens is 1. The summed E-state index contributed by atoms with van der Waals surface area (Å²) < 4.78 is 0. The minimum atomic E-state index is -1.65. The molecule has 0 saturated heterocycles. The number of hydrogen-bond acceptors (Lipinski definition) is 1. The van der Waals surface area contributed by atoms with Crippen LogP contribution in [-0.4, -0.2) is 17.9 Å². The van der Waals surface area contributed by atoms with Crippen LogP contribution >= 0.6 is 24.2 Å². The van der Waals surface area contributed by atoms with E-state index in [4.69, 9.17) is 5.11 Å². The summed E-state index contributed by atoms with van der Waals surface area (Å²) in [6.07, 6.45) is 9.70. The van der Waals surface area contributed by atoms with Crippen molar-refractivity contribution < 1.29 is 5.11 Å². The lowest BCUT2D eigenvalue weighted by Crippen LogP contribution is -2.33. The van der Waals surface area contributed by atoms with E-state index in [9.17, 15) is 0 Å². The summed E-state index contributed by atoms with van der Waals surface area (Å²) in [6.45, 7) is 0.332. The molecule has 0 radical (unpaired) electrons. The van der Waals surface area contributed by atoms with Crippen molar-refractivity contribution in [3.05, 3.63) is 91.0 Å². The lowest BCUT2D eigenvalue weighted by molar-refractivity contribution is 0.282. The van der Waals surface area contributed by atoms with Gasteiger partial charge in [0.2, 0.25) is 0 Å². The number of aliphatic hydroxyl groups is 1. The average molecular weight is 486 g/mol. The molecular weight excluding hydrogens is 451 g/mol. The van der Waals surface area contributed by atoms with Gasteiger partial charge in [0.25, 0.3) is 0 Å². The second-order valence-electron chi connectivity index (χ2n) is 7.74. The fraction of sp³-hybridized carbons (Fsp3) is 0.333. The van der Waals surface area contributed by atoms with Crippen molar-refractivity contribution in [3.8, 4) is 0 Å². The summed E-state index contributed by atoms with van der Waals surface area (Å²) in [4.78, 5) is 0. The number of hydrogen-bond donors (Lipinski definition) is 1. The third kappa shape index (κ3) is 6.51. The van der Waals surface area contributed by atoms with Crippen molar-refractivity contribution in [2.75, 3.05) is 12.8 Å². The van der Waals surface area contributed by atoms with E-state index in [-0.39, 0.29) is 17.0 Å². The Labute approximate surface area is 193 Å². The first kappa shape index (κ1) is 24.8. The lowest BCUT2D eigenvalue weighted by Gasteiger charge is -2.27. The minimum Gasteiger partial charge on any atom is -0.396 e. The van der Waals surface area contributed by atoms with Crippen LogP contribution in [0.25, 0.3) is 0 Å². The molecule has 3 aromatic rings. The maximum atomic E-state index is 8.92. The van der Waals surface area contributed by atoms with E-state index in [1.54, 1.807) is 0 Å². The Morgan fingerprint density at radius 1 is 0.467 bits per heavy atom. The highest BCUT2D eigenvalue weighted by molar-refractivity contribution is 8.93. The highest BCUT2D eigenvalue weighted by Crippen LogP contribution is 2.55. The van der Waals surface area contributed by atoms with Crippen LogP contribution < -0.4 is 15.9 Å². The fourth-order valence-corrected chi connectivity index (χ4v) is 8.64. The molecule has 0 spiro atoms. The monoisotopic (exact) mass is 485 g/mol. The molecule has 0 fully saturated rings. The van der Waals surface area contributed by atoms with Crippen molar-refractivity contribution in [2.24, 2.45) is 0 Å². The molecule has 1 nitrogen and oxygen atoms in total. The van der Waals surface area contributed by atoms with E-state index >= 15 is 0 Å². The molecular formula is C27H35BrOP+. The average Bonchev–Trinajstić information content (AvgIpc) is 2.80. The molecule has 0 amide bonds. The van der Waals surface area contributed by atoms with Gasteiger partial charge in [0, 0.05) is 6.61 Å². The Morgan fingerprint density at radius 3 is 1.17 bits per heavy atom. The third-order valence-electron chi connectivity index (χ3n) is 5.74. The summed E-state index contributed by atoms with van der Waals surface area (Å²) in [6, 6.07) is 33.5. The molecule has 0 aliphatic carbocycles. The van der Waals surface area contributed by atoms with E-state index in [1.807, 2.05) is 0 Å². The van der Waals surface area contributed by atoms with Gasteiger partial charge >= 0.3 is 0 Å². The summed E-state index contributed by atoms with van der Waals surface area (Å²) in [5.41, 5.74) is 0. The lowest BCUT2D eigenvalue weighted by atomic mass is 10.1. The predicted molar refractivity (Wildman–Crippen MR) is 140 cm³/mol. The third-order valence-corrected chi connectivity index (χ3v) is 10.3. The van der Waals surface area contributed by atoms with Crippen molar-refractivity contribution in [1.29, 1.82) is 0 Å². The first-order valence-corrected chi connectivity index (χ1v) is 13.0. The highest BCUT2D eigenvalue weighted by atomic mass is 79.9. The van der Waals surface area contributed by atoms with Crippen LogP contribution in [-0.2, 0) is 0 Å². The van der Waals surface area contributed by atoms with Crippen LogP contribution in [0.15, 0.2) is 91.0 Å². The molecule has 160 valence electrons. The molecule has 3 heteroatoms. The van der Waals surface area contributed by atoms with E-state index < -0.39 is 7.26 Å². The number of benzene rings is 3. The molecule has 0 heterocycles. The first-order chi connectivity index (χ1) is 14.4. The van der Waals surface area contributed by atoms with Gasteiger partial charge in [-0.05, 0) is 55.7 Å². The molecule has 0 saturated carbocycles. The normalized spacial score (nSPS) is 11.1. The SMILES string of the molecule is Br.OCCCCCCCCC[P+](c1ccccc1)(c1ccccc1)c1ccccc1. The standard InChI is InChI=1S/C27H34OP.BrH/c28-23-15-4-2-1-3-5-16-24-29(25-17-9-6-10-18-25,26-19-11-7-12-20-26)27-21-13-8-14-22-27;/h6-14,17-22,28H,1-5,15-16,23-24H2;1H/q+1;. The predicted octanol–water partition coefficient (Wildman–Crippen LogP) is 6.28. The Kier molecular flexibility index (Phi) is 11.4. The van der Waals surface area contributed by atoms with E-state index in [1.165, 1.54) is 54.2 Å².